The number of rotatable bonds is 9. The summed E-state index contributed by atoms with van der Waals surface area (Å²) in [6.07, 6.45) is -0.592. The van der Waals surface area contributed by atoms with Gasteiger partial charge in [-0.25, -0.2) is 8.42 Å². The van der Waals surface area contributed by atoms with Crippen molar-refractivity contribution in [3.05, 3.63) is 102 Å². The van der Waals surface area contributed by atoms with Gasteiger partial charge in [-0.05, 0) is 29.7 Å². The topological polar surface area (TPSA) is 61.8 Å². The molecule has 6 heteroatoms. The van der Waals surface area contributed by atoms with E-state index in [1.54, 1.807) is 24.3 Å². The molecule has 172 valence electrons. The van der Waals surface area contributed by atoms with Gasteiger partial charge < -0.3 is 14.2 Å². The Bertz CT molecular complexity index is 1130. The fourth-order valence-corrected chi connectivity index (χ4v) is 6.93. The Morgan fingerprint density at radius 1 is 0.788 bits per heavy atom. The molecule has 0 unspecified atom stereocenters. The molecule has 0 aliphatic carbocycles. The Kier molecular flexibility index (Phi) is 6.60. The van der Waals surface area contributed by atoms with Crippen LogP contribution < -0.4 is 0 Å². The zero-order valence-corrected chi connectivity index (χ0v) is 19.1. The second-order valence-corrected chi connectivity index (χ2v) is 10.8. The third-order valence-electron chi connectivity index (χ3n) is 6.50. The molecule has 2 aliphatic heterocycles. The van der Waals surface area contributed by atoms with Crippen molar-refractivity contribution in [3.63, 3.8) is 0 Å². The Balaban J connectivity index is 1.33. The summed E-state index contributed by atoms with van der Waals surface area (Å²) in [5.74, 6) is 0.0988. The molecule has 2 heterocycles. The van der Waals surface area contributed by atoms with Crippen LogP contribution in [0.15, 0.2) is 95.9 Å². The summed E-state index contributed by atoms with van der Waals surface area (Å²) in [6.45, 7) is 1.38. The fraction of sp³-hybridized carbons (Fsp3) is 0.333. The number of benzene rings is 3. The molecule has 0 spiro atoms. The van der Waals surface area contributed by atoms with Crippen molar-refractivity contribution >= 4 is 9.84 Å². The number of ether oxygens (including phenoxy) is 3. The molecule has 5 rings (SSSR count). The molecule has 0 aromatic heterocycles. The van der Waals surface area contributed by atoms with Crippen molar-refractivity contribution in [2.24, 2.45) is 5.92 Å². The minimum atomic E-state index is -3.60. The highest BCUT2D eigenvalue weighted by atomic mass is 32.2. The van der Waals surface area contributed by atoms with Crippen LogP contribution >= 0.6 is 0 Å². The molecular weight excluding hydrogens is 436 g/mol. The van der Waals surface area contributed by atoms with Gasteiger partial charge in [-0.1, -0.05) is 78.9 Å². The Morgan fingerprint density at radius 2 is 1.36 bits per heavy atom. The number of hydrogen-bond acceptors (Lipinski definition) is 5. The van der Waals surface area contributed by atoms with Crippen molar-refractivity contribution in [1.82, 2.24) is 0 Å². The van der Waals surface area contributed by atoms with Gasteiger partial charge in [0, 0.05) is 5.92 Å². The minimum absolute atomic E-state index is 0.0988. The van der Waals surface area contributed by atoms with Crippen LogP contribution in [0.1, 0.15) is 17.5 Å². The predicted molar refractivity (Wildman–Crippen MR) is 125 cm³/mol. The smallest absolute Gasteiger partial charge is 0.186 e. The van der Waals surface area contributed by atoms with E-state index in [0.717, 1.165) is 11.1 Å². The molecular formula is C27H28O5S. The molecule has 2 bridgehead atoms. The molecule has 2 aliphatic rings. The number of sulfone groups is 1. The van der Waals surface area contributed by atoms with Gasteiger partial charge in [0.05, 0.1) is 36.9 Å². The van der Waals surface area contributed by atoms with E-state index in [9.17, 15) is 8.42 Å². The third-order valence-corrected chi connectivity index (χ3v) is 8.72. The van der Waals surface area contributed by atoms with Crippen molar-refractivity contribution in [3.8, 4) is 0 Å². The van der Waals surface area contributed by atoms with E-state index >= 15 is 0 Å². The van der Waals surface area contributed by atoms with Gasteiger partial charge in [0.1, 0.15) is 11.4 Å². The summed E-state index contributed by atoms with van der Waals surface area (Å²) in [7, 11) is -3.60. The van der Waals surface area contributed by atoms with Crippen LogP contribution in [0, 0.1) is 5.92 Å². The largest absolute Gasteiger partial charge is 0.376 e. The summed E-state index contributed by atoms with van der Waals surface area (Å²) >= 11 is 0. The molecule has 3 aromatic carbocycles. The Morgan fingerprint density at radius 3 is 2.00 bits per heavy atom. The maximum Gasteiger partial charge on any atom is 0.186 e. The number of hydrogen-bond donors (Lipinski definition) is 0. The first kappa shape index (κ1) is 22.3. The lowest BCUT2D eigenvalue weighted by Gasteiger charge is -2.32. The molecule has 2 fully saturated rings. The second kappa shape index (κ2) is 9.77. The van der Waals surface area contributed by atoms with E-state index in [0.29, 0.717) is 31.1 Å². The van der Waals surface area contributed by atoms with Crippen molar-refractivity contribution in [2.75, 3.05) is 6.61 Å². The third kappa shape index (κ3) is 4.75. The van der Waals surface area contributed by atoms with Gasteiger partial charge in [-0.3, -0.25) is 0 Å². The van der Waals surface area contributed by atoms with E-state index in [2.05, 4.69) is 0 Å². The van der Waals surface area contributed by atoms with Crippen LogP contribution in [-0.2, 0) is 37.3 Å². The standard InChI is InChI=1S/C27H28O5S/c28-33(29,23-14-8-3-9-15-23)27-24-16-22(19-30-17-20-10-4-1-5-11-20)25(32-24)26(27)31-18-21-12-6-2-7-13-21/h1-15,22,24-27H,16-19H2/t22-,24+,25-,26+,27+/m1/s1. The summed E-state index contributed by atoms with van der Waals surface area (Å²) < 4.78 is 45.6. The highest BCUT2D eigenvalue weighted by Crippen LogP contribution is 2.45. The van der Waals surface area contributed by atoms with Gasteiger partial charge in [-0.2, -0.15) is 0 Å². The van der Waals surface area contributed by atoms with Crippen LogP contribution in [0.2, 0.25) is 0 Å². The molecule has 0 saturated carbocycles. The second-order valence-electron chi connectivity index (χ2n) is 8.72. The first-order valence-corrected chi connectivity index (χ1v) is 12.9. The molecule has 33 heavy (non-hydrogen) atoms. The summed E-state index contributed by atoms with van der Waals surface area (Å²) in [4.78, 5) is 0.316. The molecule has 5 atom stereocenters. The lowest BCUT2D eigenvalue weighted by molar-refractivity contribution is -0.0422. The Labute approximate surface area is 195 Å². The van der Waals surface area contributed by atoms with E-state index in [4.69, 9.17) is 14.2 Å². The van der Waals surface area contributed by atoms with Crippen LogP contribution in [-0.4, -0.2) is 38.6 Å². The fourth-order valence-electron chi connectivity index (χ4n) is 4.92. The Hall–Kier alpha value is -2.51. The molecule has 5 nitrogen and oxygen atoms in total. The first-order valence-electron chi connectivity index (χ1n) is 11.3. The van der Waals surface area contributed by atoms with E-state index < -0.39 is 27.3 Å². The molecule has 0 N–H and O–H groups in total. The normalized spacial score (nSPS) is 26.5. The van der Waals surface area contributed by atoms with Crippen molar-refractivity contribution < 1.29 is 22.6 Å². The van der Waals surface area contributed by atoms with Crippen LogP contribution in [0.5, 0.6) is 0 Å². The quantitative estimate of drug-likeness (QED) is 0.469. The van der Waals surface area contributed by atoms with Gasteiger partial charge in [0.2, 0.25) is 0 Å². The van der Waals surface area contributed by atoms with E-state index in [1.807, 2.05) is 66.7 Å². The lowest BCUT2D eigenvalue weighted by atomic mass is 9.87. The summed E-state index contributed by atoms with van der Waals surface area (Å²) in [5.41, 5.74) is 2.12. The van der Waals surface area contributed by atoms with Gasteiger partial charge in [0.15, 0.2) is 9.84 Å². The van der Waals surface area contributed by atoms with E-state index in [-0.39, 0.29) is 12.0 Å². The summed E-state index contributed by atoms with van der Waals surface area (Å²) in [5, 5.41) is -0.723. The predicted octanol–water partition coefficient (Wildman–Crippen LogP) is 4.42. The minimum Gasteiger partial charge on any atom is -0.376 e. The van der Waals surface area contributed by atoms with E-state index in [1.165, 1.54) is 0 Å². The SMILES string of the molecule is O=S(=O)(c1ccccc1)[C@@H]1[C@@H](OCc2ccccc2)[C@@H]2O[C@H]1C[C@@H]2COCc1ccccc1. The highest BCUT2D eigenvalue weighted by molar-refractivity contribution is 7.92. The monoisotopic (exact) mass is 464 g/mol. The maximum atomic E-state index is 13.6. The average molecular weight is 465 g/mol. The molecule has 2 saturated heterocycles. The molecule has 0 amide bonds. The highest BCUT2D eigenvalue weighted by Gasteiger charge is 2.59. The summed E-state index contributed by atoms with van der Waals surface area (Å²) in [6, 6.07) is 28.5. The zero-order valence-electron chi connectivity index (χ0n) is 18.3. The van der Waals surface area contributed by atoms with Crippen molar-refractivity contribution in [2.45, 2.75) is 48.1 Å². The van der Waals surface area contributed by atoms with Crippen molar-refractivity contribution in [1.29, 1.82) is 0 Å². The van der Waals surface area contributed by atoms with Gasteiger partial charge in [0.25, 0.3) is 0 Å². The van der Waals surface area contributed by atoms with Gasteiger partial charge >= 0.3 is 0 Å². The first-order chi connectivity index (χ1) is 16.1. The average Bonchev–Trinajstić information content (AvgIpc) is 3.43. The number of fused-ring (bicyclic) bond motifs is 2. The van der Waals surface area contributed by atoms with Crippen LogP contribution in [0.3, 0.4) is 0 Å². The van der Waals surface area contributed by atoms with Crippen LogP contribution in [0.4, 0.5) is 0 Å². The van der Waals surface area contributed by atoms with Gasteiger partial charge in [-0.15, -0.1) is 0 Å². The maximum absolute atomic E-state index is 13.6. The lowest BCUT2D eigenvalue weighted by Crippen LogP contribution is -2.48. The molecule has 3 aromatic rings. The zero-order chi connectivity index (χ0) is 22.7. The van der Waals surface area contributed by atoms with Crippen LogP contribution in [0.25, 0.3) is 0 Å². The molecule has 0 radical (unpaired) electrons.